The highest BCUT2D eigenvalue weighted by Gasteiger charge is 2.17. The van der Waals surface area contributed by atoms with Crippen LogP contribution in [0.2, 0.25) is 0 Å². The zero-order chi connectivity index (χ0) is 21.8. The number of nitrogens with one attached hydrogen (secondary N) is 1. The fourth-order valence-electron chi connectivity index (χ4n) is 3.11. The molecule has 0 unspecified atom stereocenters. The number of benzene rings is 2. The maximum Gasteiger partial charge on any atom is 0.266 e. The number of hydrogen-bond donors (Lipinski definition) is 2. The largest absolute Gasteiger partial charge is 0.497 e. The average Bonchev–Trinajstić information content (AvgIpc) is 2.81. The number of aryl methyl sites for hydroxylation is 1. The minimum atomic E-state index is -0.203. The number of rotatable bonds is 6. The Labute approximate surface area is 179 Å². The summed E-state index contributed by atoms with van der Waals surface area (Å²) in [6.07, 6.45) is 0. The van der Waals surface area contributed by atoms with Crippen LogP contribution in [0.3, 0.4) is 0 Å². The molecule has 0 radical (unpaired) electrons. The summed E-state index contributed by atoms with van der Waals surface area (Å²) in [5.41, 5.74) is 9.59. The lowest BCUT2D eigenvalue weighted by molar-refractivity contribution is 0.414. The molecule has 8 nitrogen and oxygen atoms in total. The molecule has 0 aliphatic rings. The van der Waals surface area contributed by atoms with Crippen LogP contribution in [-0.4, -0.2) is 26.9 Å². The highest BCUT2D eigenvalue weighted by molar-refractivity contribution is 5.79. The summed E-state index contributed by atoms with van der Waals surface area (Å²) in [5, 5.41) is 7.60. The van der Waals surface area contributed by atoms with E-state index >= 15 is 0 Å². The van der Waals surface area contributed by atoms with E-state index < -0.39 is 0 Å². The van der Waals surface area contributed by atoms with Crippen molar-refractivity contribution in [2.24, 2.45) is 7.05 Å². The number of aromatic nitrogens is 4. The van der Waals surface area contributed by atoms with E-state index in [0.717, 1.165) is 16.9 Å². The maximum absolute atomic E-state index is 11.8. The van der Waals surface area contributed by atoms with E-state index in [2.05, 4.69) is 15.4 Å². The highest BCUT2D eigenvalue weighted by atomic mass is 16.5. The second-order valence-electron chi connectivity index (χ2n) is 6.90. The third kappa shape index (κ3) is 4.37. The molecular weight excluding hydrogens is 392 g/mol. The number of nitrogen functional groups attached to an aromatic ring is 1. The zero-order valence-electron chi connectivity index (χ0n) is 17.2. The monoisotopic (exact) mass is 414 g/mol. The van der Waals surface area contributed by atoms with Gasteiger partial charge in [0.05, 0.1) is 7.11 Å². The van der Waals surface area contributed by atoms with E-state index in [-0.39, 0.29) is 11.4 Å². The fraction of sp³-hybridized carbons (Fsp3) is 0.130. The number of nitrogens with two attached hydrogens (primary N) is 1. The summed E-state index contributed by atoms with van der Waals surface area (Å²) in [5.74, 6) is 1.51. The summed E-state index contributed by atoms with van der Waals surface area (Å²) < 4.78 is 6.47. The number of hydrogen-bond acceptors (Lipinski definition) is 7. The molecule has 8 heteroatoms. The Bertz CT molecular complexity index is 1250. The van der Waals surface area contributed by atoms with Gasteiger partial charge in [-0.25, -0.2) is 14.6 Å². The molecule has 2 aromatic carbocycles. The van der Waals surface area contributed by atoms with Gasteiger partial charge in [-0.1, -0.05) is 42.5 Å². The second kappa shape index (κ2) is 8.66. The number of anilines is 2. The van der Waals surface area contributed by atoms with Gasteiger partial charge >= 0.3 is 0 Å². The van der Waals surface area contributed by atoms with Crippen LogP contribution < -0.4 is 21.3 Å². The van der Waals surface area contributed by atoms with Crippen LogP contribution in [0.5, 0.6) is 5.75 Å². The van der Waals surface area contributed by atoms with E-state index in [4.69, 9.17) is 15.5 Å². The third-order valence-corrected chi connectivity index (χ3v) is 4.79. The molecule has 0 saturated carbocycles. The van der Waals surface area contributed by atoms with Crippen molar-refractivity contribution in [3.63, 3.8) is 0 Å². The van der Waals surface area contributed by atoms with E-state index in [0.29, 0.717) is 29.4 Å². The summed E-state index contributed by atoms with van der Waals surface area (Å²) in [7, 11) is 3.23. The van der Waals surface area contributed by atoms with E-state index in [9.17, 15) is 4.79 Å². The first-order valence-electron chi connectivity index (χ1n) is 9.69. The van der Waals surface area contributed by atoms with Crippen molar-refractivity contribution in [1.29, 1.82) is 0 Å². The SMILES string of the molecule is COc1ccc(CNc2nc(-c3ccc(=O)n(C)n3)c(-c3ccccc3)nc2N)cc1. The molecule has 31 heavy (non-hydrogen) atoms. The van der Waals surface area contributed by atoms with Crippen LogP contribution in [0.25, 0.3) is 22.6 Å². The quantitative estimate of drug-likeness (QED) is 0.499. The smallest absolute Gasteiger partial charge is 0.266 e. The molecule has 0 amide bonds. The average molecular weight is 414 g/mol. The van der Waals surface area contributed by atoms with Crippen molar-refractivity contribution >= 4 is 11.6 Å². The molecule has 0 atom stereocenters. The molecule has 156 valence electrons. The van der Waals surface area contributed by atoms with E-state index in [1.807, 2.05) is 54.6 Å². The van der Waals surface area contributed by atoms with Crippen LogP contribution in [0.1, 0.15) is 5.56 Å². The lowest BCUT2D eigenvalue weighted by Gasteiger charge is -2.14. The van der Waals surface area contributed by atoms with Gasteiger partial charge in [-0.15, -0.1) is 0 Å². The van der Waals surface area contributed by atoms with Gasteiger partial charge < -0.3 is 15.8 Å². The standard InChI is InChI=1S/C23H22N6O2/c1-29-19(30)13-12-18(28-29)21-20(16-6-4-3-5-7-16)26-22(24)23(27-21)25-14-15-8-10-17(31-2)11-9-15/h3-13H,14H2,1-2H3,(H2,24,26)(H,25,27). The molecule has 2 aromatic heterocycles. The summed E-state index contributed by atoms with van der Waals surface area (Å²) >= 11 is 0. The van der Waals surface area contributed by atoms with Crippen molar-refractivity contribution in [1.82, 2.24) is 19.7 Å². The first-order valence-corrected chi connectivity index (χ1v) is 9.69. The van der Waals surface area contributed by atoms with E-state index in [1.54, 1.807) is 20.2 Å². The molecule has 0 fully saturated rings. The first kappa shape index (κ1) is 20.1. The highest BCUT2D eigenvalue weighted by Crippen LogP contribution is 2.31. The molecule has 0 saturated heterocycles. The fourth-order valence-corrected chi connectivity index (χ4v) is 3.11. The molecule has 2 heterocycles. The lowest BCUT2D eigenvalue weighted by atomic mass is 10.1. The second-order valence-corrected chi connectivity index (χ2v) is 6.90. The van der Waals surface area contributed by atoms with Gasteiger partial charge in [-0.2, -0.15) is 5.10 Å². The topological polar surface area (TPSA) is 108 Å². The van der Waals surface area contributed by atoms with Gasteiger partial charge in [0.15, 0.2) is 11.6 Å². The summed E-state index contributed by atoms with van der Waals surface area (Å²) in [6, 6.07) is 20.4. The summed E-state index contributed by atoms with van der Waals surface area (Å²) in [6.45, 7) is 0.508. The van der Waals surface area contributed by atoms with Crippen molar-refractivity contribution in [3.05, 3.63) is 82.6 Å². The molecule has 4 aromatic rings. The Morgan fingerprint density at radius 3 is 2.39 bits per heavy atom. The van der Waals surface area contributed by atoms with Gasteiger partial charge in [0.1, 0.15) is 22.8 Å². The van der Waals surface area contributed by atoms with Crippen LogP contribution in [-0.2, 0) is 13.6 Å². The van der Waals surface area contributed by atoms with Gasteiger partial charge in [0.25, 0.3) is 5.56 Å². The van der Waals surface area contributed by atoms with E-state index in [1.165, 1.54) is 10.7 Å². The molecule has 0 aliphatic carbocycles. The van der Waals surface area contributed by atoms with Crippen LogP contribution in [0.15, 0.2) is 71.5 Å². The molecule has 4 rings (SSSR count). The van der Waals surface area contributed by atoms with Crippen LogP contribution in [0.4, 0.5) is 11.6 Å². The maximum atomic E-state index is 11.8. The van der Waals surface area contributed by atoms with Crippen molar-refractivity contribution < 1.29 is 4.74 Å². The predicted octanol–water partition coefficient (Wildman–Crippen LogP) is 3.11. The lowest BCUT2D eigenvalue weighted by Crippen LogP contribution is -2.19. The molecule has 3 N–H and O–H groups in total. The number of methoxy groups -OCH3 is 1. The Morgan fingerprint density at radius 1 is 0.968 bits per heavy atom. The Kier molecular flexibility index (Phi) is 5.61. The van der Waals surface area contributed by atoms with Crippen LogP contribution in [0, 0.1) is 0 Å². The van der Waals surface area contributed by atoms with Crippen molar-refractivity contribution in [2.75, 3.05) is 18.2 Å². The Hall–Kier alpha value is -4.20. The minimum absolute atomic E-state index is 0.203. The van der Waals surface area contributed by atoms with Gasteiger partial charge in [0.2, 0.25) is 0 Å². The van der Waals surface area contributed by atoms with Gasteiger partial charge in [0, 0.05) is 25.2 Å². The minimum Gasteiger partial charge on any atom is -0.497 e. The first-order chi connectivity index (χ1) is 15.0. The summed E-state index contributed by atoms with van der Waals surface area (Å²) in [4.78, 5) is 21.2. The number of ether oxygens (including phenoxy) is 1. The molecular formula is C23H22N6O2. The normalized spacial score (nSPS) is 10.6. The Morgan fingerprint density at radius 2 is 1.71 bits per heavy atom. The molecule has 0 spiro atoms. The molecule has 0 aliphatic heterocycles. The third-order valence-electron chi connectivity index (χ3n) is 4.79. The zero-order valence-corrected chi connectivity index (χ0v) is 17.2. The van der Waals surface area contributed by atoms with Crippen LogP contribution >= 0.6 is 0 Å². The number of nitrogens with zero attached hydrogens (tertiary/aromatic N) is 4. The van der Waals surface area contributed by atoms with Crippen molar-refractivity contribution in [2.45, 2.75) is 6.54 Å². The van der Waals surface area contributed by atoms with Crippen molar-refractivity contribution in [3.8, 4) is 28.4 Å². The Balaban J connectivity index is 1.74. The van der Waals surface area contributed by atoms with Gasteiger partial charge in [-0.3, -0.25) is 4.79 Å². The molecule has 0 bridgehead atoms. The predicted molar refractivity (Wildman–Crippen MR) is 121 cm³/mol. The van der Waals surface area contributed by atoms with Gasteiger partial charge in [-0.05, 0) is 23.8 Å².